The number of nitrogens with zero attached hydrogens (tertiary/aromatic N) is 4. The summed E-state index contributed by atoms with van der Waals surface area (Å²) >= 11 is 1.42. The van der Waals surface area contributed by atoms with Crippen LogP contribution in [0.4, 0.5) is 0 Å². The van der Waals surface area contributed by atoms with E-state index in [1.165, 1.54) is 22.0 Å². The Kier molecular flexibility index (Phi) is 5.21. The molecule has 4 aromatic rings. The molecule has 0 radical (unpaired) electrons. The lowest BCUT2D eigenvalue weighted by atomic mass is 10.0. The second-order valence-electron chi connectivity index (χ2n) is 6.65. The number of nitrogen functional groups attached to an aromatic ring is 1. The molecular weight excluding hydrogens is 374 g/mol. The maximum Gasteiger partial charge on any atom is 0.210 e. The van der Waals surface area contributed by atoms with Crippen molar-refractivity contribution in [3.63, 3.8) is 0 Å². The maximum atomic E-state index is 6.11. The molecule has 0 amide bonds. The third-order valence-corrected chi connectivity index (χ3v) is 5.24. The number of fused-ring (bicyclic) bond motifs is 1. The van der Waals surface area contributed by atoms with E-state index in [2.05, 4.69) is 41.2 Å². The number of hydrogen-bond donors (Lipinski definition) is 1. The molecule has 2 aromatic heterocycles. The third kappa shape index (κ3) is 3.96. The maximum absolute atomic E-state index is 6.11. The Labute approximate surface area is 166 Å². The number of hydrogen-bond acceptors (Lipinski definition) is 7. The largest absolute Gasteiger partial charge is 0.486 e. The molecule has 144 valence electrons. The van der Waals surface area contributed by atoms with E-state index >= 15 is 0 Å². The van der Waals surface area contributed by atoms with Crippen LogP contribution in [0.15, 0.2) is 58.1 Å². The summed E-state index contributed by atoms with van der Waals surface area (Å²) in [5.74, 6) is 9.06. The zero-order valence-corrected chi connectivity index (χ0v) is 16.5. The Morgan fingerprint density at radius 2 is 1.89 bits per heavy atom. The van der Waals surface area contributed by atoms with Crippen LogP contribution in [0, 0.1) is 0 Å². The molecule has 0 aliphatic heterocycles. The number of aromatic nitrogens is 4. The van der Waals surface area contributed by atoms with Crippen molar-refractivity contribution in [2.75, 3.05) is 5.84 Å². The quantitative estimate of drug-likeness (QED) is 0.371. The molecule has 8 heteroatoms. The fraction of sp³-hybridized carbons (Fsp3) is 0.250. The number of nitrogens with two attached hydrogens (primary N) is 1. The van der Waals surface area contributed by atoms with Crippen molar-refractivity contribution < 1.29 is 9.15 Å². The molecule has 0 saturated carbocycles. The highest BCUT2D eigenvalue weighted by Crippen LogP contribution is 2.24. The van der Waals surface area contributed by atoms with E-state index < -0.39 is 0 Å². The fourth-order valence-corrected chi connectivity index (χ4v) is 3.43. The summed E-state index contributed by atoms with van der Waals surface area (Å²) in [5.41, 5.74) is 2.88. The van der Waals surface area contributed by atoms with Crippen LogP contribution in [0.25, 0.3) is 11.1 Å². The van der Waals surface area contributed by atoms with Crippen molar-refractivity contribution in [2.24, 2.45) is 0 Å². The molecule has 0 fully saturated rings. The van der Waals surface area contributed by atoms with Crippen LogP contribution in [-0.4, -0.2) is 19.9 Å². The summed E-state index contributed by atoms with van der Waals surface area (Å²) in [4.78, 5) is 4.45. The van der Waals surface area contributed by atoms with Crippen LogP contribution >= 0.6 is 11.8 Å². The first kappa shape index (κ1) is 18.4. The Balaban J connectivity index is 1.37. The van der Waals surface area contributed by atoms with Gasteiger partial charge in [-0.25, -0.2) is 9.66 Å². The second kappa shape index (κ2) is 7.93. The smallest absolute Gasteiger partial charge is 0.210 e. The van der Waals surface area contributed by atoms with Gasteiger partial charge in [0.15, 0.2) is 11.4 Å². The average Bonchev–Trinajstić information content (AvgIpc) is 3.28. The molecule has 0 atom stereocenters. The van der Waals surface area contributed by atoms with E-state index in [1.54, 1.807) is 0 Å². The van der Waals surface area contributed by atoms with Gasteiger partial charge in [0, 0.05) is 0 Å². The molecule has 2 N–H and O–H groups in total. The molecule has 4 rings (SSSR count). The van der Waals surface area contributed by atoms with E-state index in [0.717, 1.165) is 16.8 Å². The number of rotatable bonds is 7. The number of benzene rings is 2. The second-order valence-corrected chi connectivity index (χ2v) is 7.59. The standard InChI is InChI=1S/C20H21N5O2S/c1-13(2)14-7-9-15(10-8-14)26-11-18-23-24-20(25(18)21)28-12-19-22-16-5-3-4-6-17(16)27-19/h3-10,13H,11-12,21H2,1-2H3. The molecule has 0 aliphatic rings. The Hall–Kier alpha value is -3.00. The van der Waals surface area contributed by atoms with Gasteiger partial charge >= 0.3 is 0 Å². The van der Waals surface area contributed by atoms with Crippen LogP contribution in [0.2, 0.25) is 0 Å². The average molecular weight is 395 g/mol. The van der Waals surface area contributed by atoms with Crippen molar-refractivity contribution in [3.05, 3.63) is 65.8 Å². The third-order valence-electron chi connectivity index (χ3n) is 4.31. The number of thioether (sulfide) groups is 1. The van der Waals surface area contributed by atoms with Gasteiger partial charge in [-0.1, -0.05) is 49.9 Å². The highest BCUT2D eigenvalue weighted by molar-refractivity contribution is 7.98. The minimum atomic E-state index is 0.244. The molecule has 0 spiro atoms. The monoisotopic (exact) mass is 395 g/mol. The predicted molar refractivity (Wildman–Crippen MR) is 109 cm³/mol. The summed E-state index contributed by atoms with van der Waals surface area (Å²) in [5, 5.41) is 8.84. The summed E-state index contributed by atoms with van der Waals surface area (Å²) in [6.07, 6.45) is 0. The summed E-state index contributed by atoms with van der Waals surface area (Å²) < 4.78 is 12.9. The predicted octanol–water partition coefficient (Wildman–Crippen LogP) is 4.13. The van der Waals surface area contributed by atoms with Gasteiger partial charge in [-0.05, 0) is 35.7 Å². The summed E-state index contributed by atoms with van der Waals surface area (Å²) in [7, 11) is 0. The molecular formula is C20H21N5O2S. The number of para-hydroxylation sites is 2. The lowest BCUT2D eigenvalue weighted by Crippen LogP contribution is -2.15. The fourth-order valence-electron chi connectivity index (χ4n) is 2.71. The van der Waals surface area contributed by atoms with Crippen LogP contribution in [-0.2, 0) is 12.4 Å². The van der Waals surface area contributed by atoms with Gasteiger partial charge < -0.3 is 15.0 Å². The minimum absolute atomic E-state index is 0.244. The summed E-state index contributed by atoms with van der Waals surface area (Å²) in [6, 6.07) is 15.7. The molecule has 2 aromatic carbocycles. The minimum Gasteiger partial charge on any atom is -0.486 e. The zero-order valence-electron chi connectivity index (χ0n) is 15.7. The van der Waals surface area contributed by atoms with Crippen molar-refractivity contribution in [1.29, 1.82) is 0 Å². The van der Waals surface area contributed by atoms with E-state index in [9.17, 15) is 0 Å². The number of oxazole rings is 1. The lowest BCUT2D eigenvalue weighted by Gasteiger charge is -2.08. The molecule has 28 heavy (non-hydrogen) atoms. The Morgan fingerprint density at radius 1 is 1.11 bits per heavy atom. The van der Waals surface area contributed by atoms with Gasteiger partial charge in [0.25, 0.3) is 0 Å². The zero-order chi connectivity index (χ0) is 19.5. The SMILES string of the molecule is CC(C)c1ccc(OCc2nnc(SCc3nc4ccccc4o3)n2N)cc1. The van der Waals surface area contributed by atoms with E-state index in [4.69, 9.17) is 15.0 Å². The van der Waals surface area contributed by atoms with Gasteiger partial charge in [-0.15, -0.1) is 10.2 Å². The Bertz CT molecular complexity index is 1040. The summed E-state index contributed by atoms with van der Waals surface area (Å²) in [6.45, 7) is 4.56. The van der Waals surface area contributed by atoms with Crippen LogP contribution < -0.4 is 10.6 Å². The van der Waals surface area contributed by atoms with E-state index in [1.807, 2.05) is 36.4 Å². The molecule has 7 nitrogen and oxygen atoms in total. The van der Waals surface area contributed by atoms with Gasteiger partial charge in [0.05, 0.1) is 5.75 Å². The Morgan fingerprint density at radius 3 is 2.64 bits per heavy atom. The molecule has 2 heterocycles. The lowest BCUT2D eigenvalue weighted by molar-refractivity contribution is 0.291. The highest BCUT2D eigenvalue weighted by atomic mass is 32.2. The highest BCUT2D eigenvalue weighted by Gasteiger charge is 2.13. The van der Waals surface area contributed by atoms with Crippen molar-refractivity contribution in [3.8, 4) is 5.75 Å². The van der Waals surface area contributed by atoms with Crippen molar-refractivity contribution >= 4 is 22.9 Å². The van der Waals surface area contributed by atoms with Gasteiger partial charge in [0.2, 0.25) is 11.0 Å². The van der Waals surface area contributed by atoms with E-state index in [0.29, 0.717) is 28.5 Å². The first-order chi connectivity index (χ1) is 13.6. The molecule has 0 aliphatic carbocycles. The molecule has 0 unspecified atom stereocenters. The normalized spacial score (nSPS) is 11.4. The number of ether oxygens (including phenoxy) is 1. The van der Waals surface area contributed by atoms with Crippen LogP contribution in [0.3, 0.4) is 0 Å². The topological polar surface area (TPSA) is 92.0 Å². The van der Waals surface area contributed by atoms with Crippen molar-refractivity contribution in [2.45, 2.75) is 37.3 Å². The van der Waals surface area contributed by atoms with Crippen LogP contribution in [0.5, 0.6) is 5.75 Å². The van der Waals surface area contributed by atoms with Crippen LogP contribution in [0.1, 0.15) is 37.0 Å². The van der Waals surface area contributed by atoms with Crippen molar-refractivity contribution in [1.82, 2.24) is 19.9 Å². The van der Waals surface area contributed by atoms with Gasteiger partial charge in [-0.3, -0.25) is 0 Å². The van der Waals surface area contributed by atoms with Gasteiger partial charge in [0.1, 0.15) is 17.9 Å². The van der Waals surface area contributed by atoms with E-state index in [-0.39, 0.29) is 6.61 Å². The van der Waals surface area contributed by atoms with Gasteiger partial charge in [-0.2, -0.15) is 0 Å². The first-order valence-corrected chi connectivity index (χ1v) is 9.98. The molecule has 0 bridgehead atoms. The first-order valence-electron chi connectivity index (χ1n) is 8.99. The molecule has 0 saturated heterocycles.